The summed E-state index contributed by atoms with van der Waals surface area (Å²) in [4.78, 5) is 4.11. The molecule has 1 aromatic carbocycles. The lowest BCUT2D eigenvalue weighted by Gasteiger charge is -2.14. The van der Waals surface area contributed by atoms with Gasteiger partial charge in [-0.15, -0.1) is 0 Å². The maximum absolute atomic E-state index is 10.2. The Bertz CT molecular complexity index is 488. The lowest BCUT2D eigenvalue weighted by atomic mass is 9.96. The number of nitrogens with zero attached hydrogens (tertiary/aromatic N) is 1. The van der Waals surface area contributed by atoms with Crippen molar-refractivity contribution in [1.82, 2.24) is 4.98 Å². The minimum Gasteiger partial charge on any atom is -0.388 e. The fourth-order valence-electron chi connectivity index (χ4n) is 2.08. The zero-order chi connectivity index (χ0) is 12.3. The number of pyridine rings is 1. The summed E-state index contributed by atoms with van der Waals surface area (Å²) in [6.07, 6.45) is 5.11. The first kappa shape index (κ1) is 12.1. The predicted molar refractivity (Wildman–Crippen MR) is 70.8 cm³/mol. The van der Waals surface area contributed by atoms with Crippen molar-refractivity contribution in [2.75, 3.05) is 0 Å². The molecule has 2 rings (SSSR count). The Morgan fingerprint density at radius 1 is 1.18 bits per heavy atom. The molecule has 0 fully saturated rings. The molecule has 2 heteroatoms. The van der Waals surface area contributed by atoms with Crippen molar-refractivity contribution in [3.8, 4) is 0 Å². The minimum atomic E-state index is -0.372. The molecule has 1 heterocycles. The van der Waals surface area contributed by atoms with Crippen molar-refractivity contribution in [2.24, 2.45) is 5.92 Å². The van der Waals surface area contributed by atoms with E-state index in [-0.39, 0.29) is 6.10 Å². The topological polar surface area (TPSA) is 33.1 Å². The Morgan fingerprint density at radius 3 is 2.76 bits per heavy atom. The highest BCUT2D eigenvalue weighted by atomic mass is 16.3. The van der Waals surface area contributed by atoms with E-state index in [0.717, 1.165) is 29.2 Å². The number of rotatable bonds is 4. The Balaban J connectivity index is 2.28. The fourth-order valence-corrected chi connectivity index (χ4v) is 2.08. The normalized spacial score (nSPS) is 13.2. The zero-order valence-electron chi connectivity index (χ0n) is 10.4. The summed E-state index contributed by atoms with van der Waals surface area (Å²) in [6, 6.07) is 8.00. The smallest absolute Gasteiger partial charge is 0.0796 e. The maximum Gasteiger partial charge on any atom is 0.0796 e. The molecule has 1 aromatic heterocycles. The summed E-state index contributed by atoms with van der Waals surface area (Å²) in [6.45, 7) is 4.36. The van der Waals surface area contributed by atoms with E-state index in [1.807, 2.05) is 30.5 Å². The van der Waals surface area contributed by atoms with E-state index in [4.69, 9.17) is 0 Å². The summed E-state index contributed by atoms with van der Waals surface area (Å²) in [5, 5.41) is 12.4. The molecule has 17 heavy (non-hydrogen) atoms. The lowest BCUT2D eigenvalue weighted by Crippen LogP contribution is -2.00. The quantitative estimate of drug-likeness (QED) is 0.867. The number of hydrogen-bond acceptors (Lipinski definition) is 2. The summed E-state index contributed by atoms with van der Waals surface area (Å²) in [5.74, 6) is 0.626. The van der Waals surface area contributed by atoms with E-state index in [2.05, 4.69) is 18.8 Å². The van der Waals surface area contributed by atoms with Crippen molar-refractivity contribution in [3.63, 3.8) is 0 Å². The molecule has 0 spiro atoms. The summed E-state index contributed by atoms with van der Waals surface area (Å²) in [7, 11) is 0. The van der Waals surface area contributed by atoms with Crippen LogP contribution in [0.3, 0.4) is 0 Å². The van der Waals surface area contributed by atoms with E-state index in [1.165, 1.54) is 0 Å². The van der Waals surface area contributed by atoms with Gasteiger partial charge in [0.05, 0.1) is 6.10 Å². The highest BCUT2D eigenvalue weighted by molar-refractivity contribution is 5.85. The van der Waals surface area contributed by atoms with Gasteiger partial charge in [-0.3, -0.25) is 4.98 Å². The van der Waals surface area contributed by atoms with Gasteiger partial charge in [-0.1, -0.05) is 32.0 Å². The molecule has 1 N–H and O–H groups in total. The van der Waals surface area contributed by atoms with E-state index in [1.54, 1.807) is 6.20 Å². The average molecular weight is 229 g/mol. The van der Waals surface area contributed by atoms with E-state index < -0.39 is 0 Å². The molecule has 0 saturated carbocycles. The van der Waals surface area contributed by atoms with Gasteiger partial charge in [-0.05, 0) is 35.8 Å². The molecule has 0 saturated heterocycles. The molecular weight excluding hydrogens is 210 g/mol. The summed E-state index contributed by atoms with van der Waals surface area (Å²) < 4.78 is 0. The van der Waals surface area contributed by atoms with Crippen LogP contribution in [-0.2, 0) is 0 Å². The molecule has 0 amide bonds. The second kappa shape index (κ2) is 5.28. The van der Waals surface area contributed by atoms with Gasteiger partial charge in [0, 0.05) is 17.8 Å². The van der Waals surface area contributed by atoms with Crippen molar-refractivity contribution < 1.29 is 5.11 Å². The SMILES string of the molecule is CC(C)CCC(O)c1cccc2cnccc12. The van der Waals surface area contributed by atoms with Crippen LogP contribution >= 0.6 is 0 Å². The largest absolute Gasteiger partial charge is 0.388 e. The average Bonchev–Trinajstić information content (AvgIpc) is 2.35. The van der Waals surface area contributed by atoms with Crippen LogP contribution in [-0.4, -0.2) is 10.1 Å². The maximum atomic E-state index is 10.2. The summed E-state index contributed by atoms with van der Waals surface area (Å²) in [5.41, 5.74) is 1.02. The number of aliphatic hydroxyl groups is 1. The third-order valence-corrected chi connectivity index (χ3v) is 3.09. The van der Waals surface area contributed by atoms with Crippen LogP contribution in [0.1, 0.15) is 38.4 Å². The van der Waals surface area contributed by atoms with Gasteiger partial charge >= 0.3 is 0 Å². The molecule has 0 radical (unpaired) electrons. The van der Waals surface area contributed by atoms with Crippen molar-refractivity contribution in [3.05, 3.63) is 42.2 Å². The third kappa shape index (κ3) is 2.83. The van der Waals surface area contributed by atoms with Gasteiger partial charge in [0.15, 0.2) is 0 Å². The highest BCUT2D eigenvalue weighted by Crippen LogP contribution is 2.27. The number of benzene rings is 1. The Hall–Kier alpha value is -1.41. The molecule has 0 aliphatic carbocycles. The van der Waals surface area contributed by atoms with Crippen LogP contribution < -0.4 is 0 Å². The zero-order valence-corrected chi connectivity index (χ0v) is 10.4. The first-order chi connectivity index (χ1) is 8.18. The molecule has 90 valence electrons. The third-order valence-electron chi connectivity index (χ3n) is 3.09. The molecule has 0 bridgehead atoms. The van der Waals surface area contributed by atoms with Crippen molar-refractivity contribution in [2.45, 2.75) is 32.8 Å². The molecule has 1 atom stereocenters. The van der Waals surface area contributed by atoms with Crippen LogP contribution in [0.4, 0.5) is 0 Å². The minimum absolute atomic E-state index is 0.372. The van der Waals surface area contributed by atoms with Crippen LogP contribution in [0.15, 0.2) is 36.7 Å². The van der Waals surface area contributed by atoms with Gasteiger partial charge in [-0.2, -0.15) is 0 Å². The van der Waals surface area contributed by atoms with Gasteiger partial charge in [0.25, 0.3) is 0 Å². The first-order valence-corrected chi connectivity index (χ1v) is 6.19. The van der Waals surface area contributed by atoms with E-state index in [0.29, 0.717) is 5.92 Å². The highest BCUT2D eigenvalue weighted by Gasteiger charge is 2.11. The standard InChI is InChI=1S/C15H19NO/c1-11(2)6-7-15(17)14-5-3-4-12-10-16-9-8-13(12)14/h3-5,8-11,15,17H,6-7H2,1-2H3. The first-order valence-electron chi connectivity index (χ1n) is 6.19. The molecule has 0 aliphatic rings. The van der Waals surface area contributed by atoms with Crippen molar-refractivity contribution >= 4 is 10.8 Å². The van der Waals surface area contributed by atoms with Crippen molar-refractivity contribution in [1.29, 1.82) is 0 Å². The number of aromatic nitrogens is 1. The second-order valence-corrected chi connectivity index (χ2v) is 4.93. The Morgan fingerprint density at radius 2 is 2.00 bits per heavy atom. The van der Waals surface area contributed by atoms with Crippen LogP contribution in [0, 0.1) is 5.92 Å². The van der Waals surface area contributed by atoms with Gasteiger partial charge in [0.1, 0.15) is 0 Å². The van der Waals surface area contributed by atoms with E-state index in [9.17, 15) is 5.11 Å². The fraction of sp³-hybridized carbons (Fsp3) is 0.400. The van der Waals surface area contributed by atoms with Crippen LogP contribution in [0.5, 0.6) is 0 Å². The lowest BCUT2D eigenvalue weighted by molar-refractivity contribution is 0.160. The molecule has 1 unspecified atom stereocenters. The van der Waals surface area contributed by atoms with E-state index >= 15 is 0 Å². The molecule has 2 nitrogen and oxygen atoms in total. The number of hydrogen-bond donors (Lipinski definition) is 1. The number of fused-ring (bicyclic) bond motifs is 1. The van der Waals surface area contributed by atoms with Gasteiger partial charge in [-0.25, -0.2) is 0 Å². The molecular formula is C15H19NO. The molecule has 2 aromatic rings. The summed E-state index contributed by atoms with van der Waals surface area (Å²) >= 11 is 0. The Kier molecular flexibility index (Phi) is 3.75. The van der Waals surface area contributed by atoms with Crippen LogP contribution in [0.2, 0.25) is 0 Å². The Labute approximate surface area is 102 Å². The monoisotopic (exact) mass is 229 g/mol. The van der Waals surface area contributed by atoms with Gasteiger partial charge < -0.3 is 5.11 Å². The number of aliphatic hydroxyl groups excluding tert-OH is 1. The molecule has 0 aliphatic heterocycles. The predicted octanol–water partition coefficient (Wildman–Crippen LogP) is 3.70. The second-order valence-electron chi connectivity index (χ2n) is 4.93. The van der Waals surface area contributed by atoms with Crippen LogP contribution in [0.25, 0.3) is 10.8 Å². The van der Waals surface area contributed by atoms with Gasteiger partial charge in [0.2, 0.25) is 0 Å².